The maximum absolute atomic E-state index is 11.0. The number of rotatable bonds is 3. The fraction of sp³-hybridized carbons (Fsp3) is 0.706. The zero-order valence-corrected chi connectivity index (χ0v) is 13.6. The van der Waals surface area contributed by atoms with E-state index in [1.165, 1.54) is 12.5 Å². The van der Waals surface area contributed by atoms with Crippen LogP contribution < -0.4 is 0 Å². The van der Waals surface area contributed by atoms with Crippen molar-refractivity contribution >= 4 is 5.97 Å². The Morgan fingerprint density at radius 3 is 2.86 bits per heavy atom. The van der Waals surface area contributed by atoms with Crippen LogP contribution in [0.3, 0.4) is 0 Å². The van der Waals surface area contributed by atoms with Crippen molar-refractivity contribution < 1.29 is 19.7 Å². The zero-order valence-electron chi connectivity index (χ0n) is 13.6. The number of ether oxygens (including phenoxy) is 1. The Balaban J connectivity index is 2.89. The van der Waals surface area contributed by atoms with Gasteiger partial charge in [0.15, 0.2) is 0 Å². The summed E-state index contributed by atoms with van der Waals surface area (Å²) in [5.41, 5.74) is -0.767. The molecule has 0 aromatic carbocycles. The van der Waals surface area contributed by atoms with Crippen molar-refractivity contribution in [2.24, 2.45) is 5.92 Å². The number of allylic oxidation sites excluding steroid dienone is 2. The Bertz CT molecular complexity index is 419. The van der Waals surface area contributed by atoms with E-state index in [0.717, 1.165) is 19.3 Å². The smallest absolute Gasteiger partial charge is 0.302 e. The molecule has 0 saturated carbocycles. The number of aliphatic hydroxyl groups is 2. The maximum Gasteiger partial charge on any atom is 0.302 e. The highest BCUT2D eigenvalue weighted by Crippen LogP contribution is 2.29. The van der Waals surface area contributed by atoms with Crippen LogP contribution in [0.1, 0.15) is 53.4 Å². The van der Waals surface area contributed by atoms with Gasteiger partial charge in [0, 0.05) is 12.8 Å². The molecule has 2 N–H and O–H groups in total. The molecule has 1 unspecified atom stereocenters. The Labute approximate surface area is 127 Å². The SMILES string of the molecule is CC(=O)OCC(C)(O)[C@H]1/C=C/[C@](C)(O)CCC=C(C)CC1. The molecule has 1 aliphatic carbocycles. The average molecular weight is 296 g/mol. The molecular weight excluding hydrogens is 268 g/mol. The Hall–Kier alpha value is -1.13. The predicted molar refractivity (Wildman–Crippen MR) is 82.7 cm³/mol. The van der Waals surface area contributed by atoms with Crippen LogP contribution in [0.4, 0.5) is 0 Å². The summed E-state index contributed by atoms with van der Waals surface area (Å²) in [6, 6.07) is 0. The minimum absolute atomic E-state index is 0.0394. The van der Waals surface area contributed by atoms with Gasteiger partial charge in [0.2, 0.25) is 0 Å². The van der Waals surface area contributed by atoms with Gasteiger partial charge < -0.3 is 14.9 Å². The van der Waals surface area contributed by atoms with E-state index < -0.39 is 17.2 Å². The molecule has 4 nitrogen and oxygen atoms in total. The van der Waals surface area contributed by atoms with E-state index in [2.05, 4.69) is 13.0 Å². The second kappa shape index (κ2) is 7.23. The number of esters is 1. The molecule has 0 aromatic rings. The van der Waals surface area contributed by atoms with Crippen molar-refractivity contribution in [1.82, 2.24) is 0 Å². The van der Waals surface area contributed by atoms with Gasteiger partial charge in [-0.3, -0.25) is 4.79 Å². The van der Waals surface area contributed by atoms with E-state index in [0.29, 0.717) is 6.42 Å². The van der Waals surface area contributed by atoms with Gasteiger partial charge in [0.25, 0.3) is 0 Å². The predicted octanol–water partition coefficient (Wildman–Crippen LogP) is 2.74. The Morgan fingerprint density at radius 2 is 2.24 bits per heavy atom. The number of hydrogen-bond acceptors (Lipinski definition) is 4. The second-order valence-electron chi connectivity index (χ2n) is 6.59. The minimum Gasteiger partial charge on any atom is -0.463 e. The average Bonchev–Trinajstić information content (AvgIpc) is 2.35. The van der Waals surface area contributed by atoms with E-state index in [-0.39, 0.29) is 12.5 Å². The number of carbonyl (C=O) groups excluding carboxylic acids is 1. The summed E-state index contributed by atoms with van der Waals surface area (Å²) in [5.74, 6) is -0.577. The molecule has 4 heteroatoms. The molecule has 0 fully saturated rings. The van der Waals surface area contributed by atoms with Crippen LogP contribution in [0.2, 0.25) is 0 Å². The van der Waals surface area contributed by atoms with Crippen molar-refractivity contribution in [2.75, 3.05) is 6.61 Å². The first-order valence-electron chi connectivity index (χ1n) is 7.55. The molecular formula is C17H28O4. The lowest BCUT2D eigenvalue weighted by atomic mass is 9.82. The van der Waals surface area contributed by atoms with Crippen molar-refractivity contribution in [2.45, 2.75) is 64.6 Å². The highest BCUT2D eigenvalue weighted by atomic mass is 16.5. The van der Waals surface area contributed by atoms with Gasteiger partial charge in [0.05, 0.1) is 5.60 Å². The zero-order chi connectivity index (χ0) is 16.1. The number of carbonyl (C=O) groups is 1. The van der Waals surface area contributed by atoms with Crippen molar-refractivity contribution in [3.8, 4) is 0 Å². The van der Waals surface area contributed by atoms with Gasteiger partial charge in [-0.1, -0.05) is 23.8 Å². The van der Waals surface area contributed by atoms with Gasteiger partial charge >= 0.3 is 5.97 Å². The summed E-state index contributed by atoms with van der Waals surface area (Å²) in [4.78, 5) is 11.0. The van der Waals surface area contributed by atoms with Crippen LogP contribution in [0.5, 0.6) is 0 Å². The van der Waals surface area contributed by atoms with Crippen molar-refractivity contribution in [3.63, 3.8) is 0 Å². The van der Waals surface area contributed by atoms with Gasteiger partial charge in [-0.25, -0.2) is 0 Å². The van der Waals surface area contributed by atoms with E-state index in [1.807, 2.05) is 6.08 Å². The fourth-order valence-electron chi connectivity index (χ4n) is 2.47. The molecule has 0 saturated heterocycles. The van der Waals surface area contributed by atoms with Crippen LogP contribution in [0, 0.1) is 5.92 Å². The molecule has 0 radical (unpaired) electrons. The monoisotopic (exact) mass is 296 g/mol. The molecule has 120 valence electrons. The largest absolute Gasteiger partial charge is 0.463 e. The van der Waals surface area contributed by atoms with Gasteiger partial charge in [-0.15, -0.1) is 0 Å². The van der Waals surface area contributed by atoms with Crippen molar-refractivity contribution in [3.05, 3.63) is 23.8 Å². The van der Waals surface area contributed by atoms with Crippen LogP contribution >= 0.6 is 0 Å². The summed E-state index contributed by atoms with van der Waals surface area (Å²) >= 11 is 0. The van der Waals surface area contributed by atoms with E-state index >= 15 is 0 Å². The van der Waals surface area contributed by atoms with E-state index in [9.17, 15) is 15.0 Å². The second-order valence-corrected chi connectivity index (χ2v) is 6.59. The maximum atomic E-state index is 11.0. The molecule has 0 aromatic heterocycles. The lowest BCUT2D eigenvalue weighted by Gasteiger charge is -2.32. The lowest BCUT2D eigenvalue weighted by molar-refractivity contribution is -0.150. The molecule has 3 atom stereocenters. The summed E-state index contributed by atoms with van der Waals surface area (Å²) in [6.45, 7) is 6.80. The third-order valence-electron chi connectivity index (χ3n) is 4.05. The van der Waals surface area contributed by atoms with Gasteiger partial charge in [-0.05, 0) is 46.5 Å². The molecule has 0 heterocycles. The molecule has 0 amide bonds. The third-order valence-corrected chi connectivity index (χ3v) is 4.05. The first-order chi connectivity index (χ1) is 9.62. The lowest BCUT2D eigenvalue weighted by Crippen LogP contribution is -2.39. The highest BCUT2D eigenvalue weighted by molar-refractivity contribution is 5.65. The fourth-order valence-corrected chi connectivity index (χ4v) is 2.47. The topological polar surface area (TPSA) is 66.8 Å². The van der Waals surface area contributed by atoms with E-state index in [1.54, 1.807) is 19.9 Å². The molecule has 1 rings (SSSR count). The van der Waals surface area contributed by atoms with Gasteiger partial charge in [-0.2, -0.15) is 0 Å². The summed E-state index contributed by atoms with van der Waals surface area (Å²) in [5, 5.41) is 20.9. The summed E-state index contributed by atoms with van der Waals surface area (Å²) < 4.78 is 4.97. The molecule has 1 aliphatic rings. The summed E-state index contributed by atoms with van der Waals surface area (Å²) in [7, 11) is 0. The quantitative estimate of drug-likeness (QED) is 0.621. The first kappa shape index (κ1) is 17.9. The summed E-state index contributed by atoms with van der Waals surface area (Å²) in [6.07, 6.45) is 8.90. The van der Waals surface area contributed by atoms with Crippen LogP contribution in [-0.4, -0.2) is 34.0 Å². The normalized spacial score (nSPS) is 31.7. The minimum atomic E-state index is -1.14. The Morgan fingerprint density at radius 1 is 1.57 bits per heavy atom. The highest BCUT2D eigenvalue weighted by Gasteiger charge is 2.32. The van der Waals surface area contributed by atoms with E-state index in [4.69, 9.17) is 4.74 Å². The Kier molecular flexibility index (Phi) is 6.17. The first-order valence-corrected chi connectivity index (χ1v) is 7.55. The third kappa shape index (κ3) is 6.44. The van der Waals surface area contributed by atoms with Gasteiger partial charge in [0.1, 0.15) is 12.2 Å². The van der Waals surface area contributed by atoms with Crippen LogP contribution in [0.25, 0.3) is 0 Å². The van der Waals surface area contributed by atoms with Crippen molar-refractivity contribution in [1.29, 1.82) is 0 Å². The van der Waals surface area contributed by atoms with Crippen LogP contribution in [-0.2, 0) is 9.53 Å². The standard InChI is InChI=1S/C17H28O4/c1-13-6-5-10-16(3,19)11-9-15(8-7-13)17(4,20)12-21-14(2)18/h6,9,11,15,19-20H,5,7-8,10,12H2,1-4H3/b11-9+,13-6?/t15-,16-,17?/m1/s1. The number of hydrogen-bond donors (Lipinski definition) is 2. The molecule has 0 spiro atoms. The van der Waals surface area contributed by atoms with Crippen LogP contribution in [0.15, 0.2) is 23.8 Å². The molecule has 21 heavy (non-hydrogen) atoms. The molecule has 0 bridgehead atoms. The molecule has 0 aliphatic heterocycles.